The standard InChI is InChI=1S/C13H15NO3/c1-15-12-9-8-10-6-4-5-7-11(10)14(17-3)13(12)16-2/h4-9H,1-3H3. The van der Waals surface area contributed by atoms with Crippen LogP contribution in [0.1, 0.15) is 5.56 Å². The molecule has 0 unspecified atom stereocenters. The monoisotopic (exact) mass is 233 g/mol. The van der Waals surface area contributed by atoms with E-state index >= 15 is 0 Å². The Bertz CT molecular complexity index is 465. The van der Waals surface area contributed by atoms with Gasteiger partial charge in [-0.15, -0.1) is 0 Å². The van der Waals surface area contributed by atoms with E-state index in [4.69, 9.17) is 14.3 Å². The third-order valence-corrected chi connectivity index (χ3v) is 2.56. The van der Waals surface area contributed by atoms with Crippen molar-refractivity contribution in [3.8, 4) is 0 Å². The maximum Gasteiger partial charge on any atom is 0.262 e. The molecule has 90 valence electrons. The van der Waals surface area contributed by atoms with Crippen molar-refractivity contribution in [3.63, 3.8) is 0 Å². The zero-order valence-electron chi connectivity index (χ0n) is 10.1. The molecule has 4 nitrogen and oxygen atoms in total. The van der Waals surface area contributed by atoms with Gasteiger partial charge in [-0.2, -0.15) is 5.06 Å². The first-order valence-electron chi connectivity index (χ1n) is 5.25. The van der Waals surface area contributed by atoms with Gasteiger partial charge in [0.25, 0.3) is 5.88 Å². The molecule has 0 fully saturated rings. The highest BCUT2D eigenvalue weighted by Gasteiger charge is 2.21. The lowest BCUT2D eigenvalue weighted by molar-refractivity contribution is 0.114. The highest BCUT2D eigenvalue weighted by Crippen LogP contribution is 2.30. The molecule has 1 heterocycles. The van der Waals surface area contributed by atoms with Gasteiger partial charge in [0.05, 0.1) is 27.0 Å². The average Bonchev–Trinajstić information content (AvgIpc) is 2.54. The number of hydrogen-bond donors (Lipinski definition) is 0. The van der Waals surface area contributed by atoms with Crippen molar-refractivity contribution < 1.29 is 14.3 Å². The number of rotatable bonds is 3. The number of hydroxylamine groups is 1. The molecule has 0 atom stereocenters. The summed E-state index contributed by atoms with van der Waals surface area (Å²) >= 11 is 0. The highest BCUT2D eigenvalue weighted by molar-refractivity contribution is 5.71. The van der Waals surface area contributed by atoms with Crippen LogP contribution >= 0.6 is 0 Å². The summed E-state index contributed by atoms with van der Waals surface area (Å²) in [4.78, 5) is 5.36. The molecule has 0 saturated heterocycles. The summed E-state index contributed by atoms with van der Waals surface area (Å²) in [6.07, 6.45) is 3.82. The van der Waals surface area contributed by atoms with Gasteiger partial charge >= 0.3 is 0 Å². The number of methoxy groups -OCH3 is 2. The Kier molecular flexibility index (Phi) is 3.35. The second-order valence-electron chi connectivity index (χ2n) is 3.45. The second kappa shape index (κ2) is 4.93. The molecule has 0 spiro atoms. The number of fused-ring (bicyclic) bond motifs is 1. The lowest BCUT2D eigenvalue weighted by Crippen LogP contribution is -2.24. The SMILES string of the molecule is COC1=C(OC)N(OC)c2ccccc2C=C1. The topological polar surface area (TPSA) is 30.9 Å². The van der Waals surface area contributed by atoms with E-state index in [2.05, 4.69) is 0 Å². The Balaban J connectivity index is 2.58. The minimum absolute atomic E-state index is 0.524. The fourth-order valence-corrected chi connectivity index (χ4v) is 1.78. The summed E-state index contributed by atoms with van der Waals surface area (Å²) in [7, 11) is 4.78. The molecule has 0 aliphatic carbocycles. The molecule has 0 bridgehead atoms. The molecule has 0 radical (unpaired) electrons. The molecular weight excluding hydrogens is 218 g/mol. The van der Waals surface area contributed by atoms with E-state index < -0.39 is 0 Å². The number of allylic oxidation sites excluding steroid dienone is 1. The first kappa shape index (κ1) is 11.5. The van der Waals surface area contributed by atoms with E-state index in [-0.39, 0.29) is 0 Å². The van der Waals surface area contributed by atoms with Crippen LogP contribution in [0.15, 0.2) is 42.0 Å². The first-order valence-corrected chi connectivity index (χ1v) is 5.25. The van der Waals surface area contributed by atoms with Crippen molar-refractivity contribution in [2.24, 2.45) is 0 Å². The number of anilines is 1. The van der Waals surface area contributed by atoms with Crippen LogP contribution in [-0.2, 0) is 14.3 Å². The van der Waals surface area contributed by atoms with Gasteiger partial charge in [-0.25, -0.2) is 0 Å². The molecular formula is C13H15NO3. The number of benzene rings is 1. The molecule has 17 heavy (non-hydrogen) atoms. The molecule has 0 amide bonds. The molecule has 2 rings (SSSR count). The predicted molar refractivity (Wildman–Crippen MR) is 66.0 cm³/mol. The number of para-hydroxylation sites is 1. The van der Waals surface area contributed by atoms with Gasteiger partial charge in [-0.05, 0) is 18.2 Å². The van der Waals surface area contributed by atoms with E-state index in [9.17, 15) is 0 Å². The number of nitrogens with zero attached hydrogens (tertiary/aromatic N) is 1. The summed E-state index contributed by atoms with van der Waals surface area (Å²) in [6.45, 7) is 0. The molecule has 0 saturated carbocycles. The Morgan fingerprint density at radius 2 is 1.71 bits per heavy atom. The minimum atomic E-state index is 0.524. The largest absolute Gasteiger partial charge is 0.491 e. The van der Waals surface area contributed by atoms with Crippen LogP contribution in [0.25, 0.3) is 6.08 Å². The smallest absolute Gasteiger partial charge is 0.262 e. The normalized spacial score (nSPS) is 14.4. The maximum atomic E-state index is 5.36. The van der Waals surface area contributed by atoms with Gasteiger partial charge in [0, 0.05) is 5.56 Å². The van der Waals surface area contributed by atoms with Gasteiger partial charge in [-0.1, -0.05) is 18.2 Å². The van der Waals surface area contributed by atoms with Gasteiger partial charge in [0.2, 0.25) is 0 Å². The summed E-state index contributed by atoms with van der Waals surface area (Å²) in [5.41, 5.74) is 1.95. The van der Waals surface area contributed by atoms with Crippen molar-refractivity contribution in [3.05, 3.63) is 47.5 Å². The molecule has 0 N–H and O–H groups in total. The Hall–Kier alpha value is -1.94. The van der Waals surface area contributed by atoms with Crippen LogP contribution in [0.2, 0.25) is 0 Å². The molecule has 1 aromatic rings. The van der Waals surface area contributed by atoms with Crippen LogP contribution in [0.4, 0.5) is 5.69 Å². The van der Waals surface area contributed by atoms with Gasteiger partial charge in [0.1, 0.15) is 0 Å². The van der Waals surface area contributed by atoms with E-state index in [0.717, 1.165) is 11.3 Å². The summed E-state index contributed by atoms with van der Waals surface area (Å²) < 4.78 is 10.6. The fourth-order valence-electron chi connectivity index (χ4n) is 1.78. The van der Waals surface area contributed by atoms with Crippen molar-refractivity contribution >= 4 is 11.8 Å². The van der Waals surface area contributed by atoms with E-state index in [1.165, 1.54) is 0 Å². The molecule has 1 aromatic carbocycles. The lowest BCUT2D eigenvalue weighted by atomic mass is 10.1. The van der Waals surface area contributed by atoms with Crippen LogP contribution in [0, 0.1) is 0 Å². The van der Waals surface area contributed by atoms with Gasteiger partial charge < -0.3 is 9.47 Å². The zero-order chi connectivity index (χ0) is 12.3. The van der Waals surface area contributed by atoms with Crippen molar-refractivity contribution in [1.29, 1.82) is 0 Å². The summed E-state index contributed by atoms with van der Waals surface area (Å²) in [5.74, 6) is 1.14. The summed E-state index contributed by atoms with van der Waals surface area (Å²) in [6, 6.07) is 7.88. The Morgan fingerprint density at radius 3 is 2.35 bits per heavy atom. The molecule has 1 aliphatic heterocycles. The predicted octanol–water partition coefficient (Wildman–Crippen LogP) is 2.54. The van der Waals surface area contributed by atoms with Crippen molar-refractivity contribution in [2.45, 2.75) is 0 Å². The van der Waals surface area contributed by atoms with Crippen molar-refractivity contribution in [1.82, 2.24) is 0 Å². The second-order valence-corrected chi connectivity index (χ2v) is 3.45. The highest BCUT2D eigenvalue weighted by atomic mass is 16.7. The number of ether oxygens (including phenoxy) is 2. The lowest BCUT2D eigenvalue weighted by Gasteiger charge is -2.24. The van der Waals surface area contributed by atoms with Gasteiger partial charge in [-0.3, -0.25) is 4.84 Å². The van der Waals surface area contributed by atoms with E-state index in [1.807, 2.05) is 36.4 Å². The zero-order valence-corrected chi connectivity index (χ0v) is 10.1. The van der Waals surface area contributed by atoms with E-state index in [1.54, 1.807) is 26.4 Å². The molecule has 4 heteroatoms. The van der Waals surface area contributed by atoms with Crippen LogP contribution in [-0.4, -0.2) is 21.3 Å². The summed E-state index contributed by atoms with van der Waals surface area (Å²) in [5, 5.41) is 1.61. The van der Waals surface area contributed by atoms with Crippen LogP contribution in [0.5, 0.6) is 0 Å². The third kappa shape index (κ3) is 1.99. The van der Waals surface area contributed by atoms with Crippen molar-refractivity contribution in [2.75, 3.05) is 26.4 Å². The minimum Gasteiger partial charge on any atom is -0.491 e. The third-order valence-electron chi connectivity index (χ3n) is 2.56. The average molecular weight is 233 g/mol. The van der Waals surface area contributed by atoms with Crippen LogP contribution in [0.3, 0.4) is 0 Å². The maximum absolute atomic E-state index is 5.36. The Morgan fingerprint density at radius 1 is 0.941 bits per heavy atom. The fraction of sp³-hybridized carbons (Fsp3) is 0.231. The van der Waals surface area contributed by atoms with Crippen LogP contribution < -0.4 is 5.06 Å². The quantitative estimate of drug-likeness (QED) is 0.802. The van der Waals surface area contributed by atoms with Gasteiger partial charge in [0.15, 0.2) is 5.76 Å². The molecule has 1 aliphatic rings. The first-order chi connectivity index (χ1) is 8.31. The van der Waals surface area contributed by atoms with E-state index in [0.29, 0.717) is 11.6 Å². The molecule has 0 aromatic heterocycles. The number of hydrogen-bond acceptors (Lipinski definition) is 4. The Labute approximate surface area is 101 Å².